The Hall–Kier alpha value is -0.610. The highest BCUT2D eigenvalue weighted by atomic mass is 16.5. The molecule has 4 heteroatoms. The van der Waals surface area contributed by atoms with E-state index in [1.807, 2.05) is 0 Å². The van der Waals surface area contributed by atoms with Crippen LogP contribution in [0.25, 0.3) is 0 Å². The van der Waals surface area contributed by atoms with E-state index in [0.29, 0.717) is 6.54 Å². The molecule has 1 aliphatic heterocycles. The van der Waals surface area contributed by atoms with Crippen LogP contribution in [0.3, 0.4) is 0 Å². The van der Waals surface area contributed by atoms with E-state index in [4.69, 9.17) is 4.74 Å². The lowest BCUT2D eigenvalue weighted by Crippen LogP contribution is -2.43. The lowest BCUT2D eigenvalue weighted by Gasteiger charge is -2.19. The van der Waals surface area contributed by atoms with E-state index < -0.39 is 0 Å². The van der Waals surface area contributed by atoms with Crippen LogP contribution >= 0.6 is 0 Å². The van der Waals surface area contributed by atoms with Crippen molar-refractivity contribution >= 4 is 5.91 Å². The van der Waals surface area contributed by atoms with Crippen LogP contribution in [0.2, 0.25) is 0 Å². The second-order valence-corrected chi connectivity index (χ2v) is 4.97. The molecule has 92 valence electrons. The van der Waals surface area contributed by atoms with Gasteiger partial charge in [-0.05, 0) is 38.5 Å². The number of ether oxygens (including phenoxy) is 1. The van der Waals surface area contributed by atoms with E-state index in [1.54, 1.807) is 0 Å². The van der Waals surface area contributed by atoms with Crippen molar-refractivity contribution in [2.45, 2.75) is 44.8 Å². The molecule has 1 saturated heterocycles. The van der Waals surface area contributed by atoms with Gasteiger partial charge in [-0.3, -0.25) is 4.79 Å². The van der Waals surface area contributed by atoms with Gasteiger partial charge in [0.25, 0.3) is 0 Å². The summed E-state index contributed by atoms with van der Waals surface area (Å²) in [7, 11) is 0. The Balaban J connectivity index is 1.55. The number of amides is 1. The van der Waals surface area contributed by atoms with Crippen LogP contribution < -0.4 is 10.6 Å². The molecule has 0 aromatic carbocycles. The molecule has 0 bridgehead atoms. The van der Waals surface area contributed by atoms with Crippen molar-refractivity contribution in [3.63, 3.8) is 0 Å². The SMILES string of the molecule is CC(NCC(=O)NCC1CC1)C1CCCO1. The highest BCUT2D eigenvalue weighted by molar-refractivity contribution is 5.78. The lowest BCUT2D eigenvalue weighted by molar-refractivity contribution is -0.120. The molecule has 2 unspecified atom stereocenters. The van der Waals surface area contributed by atoms with Gasteiger partial charge in [0.2, 0.25) is 5.91 Å². The fourth-order valence-corrected chi connectivity index (χ4v) is 2.02. The lowest BCUT2D eigenvalue weighted by atomic mass is 10.1. The van der Waals surface area contributed by atoms with Gasteiger partial charge in [-0.15, -0.1) is 0 Å². The van der Waals surface area contributed by atoms with Gasteiger partial charge in [-0.1, -0.05) is 0 Å². The zero-order valence-corrected chi connectivity index (χ0v) is 10.00. The van der Waals surface area contributed by atoms with E-state index >= 15 is 0 Å². The summed E-state index contributed by atoms with van der Waals surface area (Å²) in [6.45, 7) is 4.22. The summed E-state index contributed by atoms with van der Waals surface area (Å²) >= 11 is 0. The second-order valence-electron chi connectivity index (χ2n) is 4.97. The molecular formula is C12H22N2O2. The van der Waals surface area contributed by atoms with Gasteiger partial charge >= 0.3 is 0 Å². The fraction of sp³-hybridized carbons (Fsp3) is 0.917. The summed E-state index contributed by atoms with van der Waals surface area (Å²) < 4.78 is 5.56. The maximum absolute atomic E-state index is 11.5. The molecule has 2 atom stereocenters. The molecule has 0 aromatic rings. The number of nitrogens with one attached hydrogen (secondary N) is 2. The quantitative estimate of drug-likeness (QED) is 0.700. The smallest absolute Gasteiger partial charge is 0.233 e. The Morgan fingerprint density at radius 1 is 1.44 bits per heavy atom. The van der Waals surface area contributed by atoms with Gasteiger partial charge in [0.1, 0.15) is 0 Å². The minimum Gasteiger partial charge on any atom is -0.377 e. The van der Waals surface area contributed by atoms with Crippen LogP contribution in [0.4, 0.5) is 0 Å². The zero-order chi connectivity index (χ0) is 11.4. The number of carbonyl (C=O) groups excluding carboxylic acids is 1. The average molecular weight is 226 g/mol. The van der Waals surface area contributed by atoms with Crippen molar-refractivity contribution < 1.29 is 9.53 Å². The largest absolute Gasteiger partial charge is 0.377 e. The van der Waals surface area contributed by atoms with Crippen LogP contribution in [0.15, 0.2) is 0 Å². The molecule has 1 saturated carbocycles. The van der Waals surface area contributed by atoms with Gasteiger partial charge in [0, 0.05) is 19.2 Å². The van der Waals surface area contributed by atoms with Crippen LogP contribution in [-0.4, -0.2) is 37.7 Å². The van der Waals surface area contributed by atoms with E-state index in [9.17, 15) is 4.79 Å². The third kappa shape index (κ3) is 3.76. The summed E-state index contributed by atoms with van der Waals surface area (Å²) in [4.78, 5) is 11.5. The third-order valence-corrected chi connectivity index (χ3v) is 3.39. The van der Waals surface area contributed by atoms with Gasteiger partial charge in [0.05, 0.1) is 12.6 Å². The Morgan fingerprint density at radius 2 is 2.25 bits per heavy atom. The second kappa shape index (κ2) is 5.64. The van der Waals surface area contributed by atoms with Gasteiger partial charge in [0.15, 0.2) is 0 Å². The van der Waals surface area contributed by atoms with Crippen LogP contribution in [0.1, 0.15) is 32.6 Å². The van der Waals surface area contributed by atoms with Crippen LogP contribution in [0.5, 0.6) is 0 Å². The normalized spacial score (nSPS) is 26.7. The highest BCUT2D eigenvalue weighted by Crippen LogP contribution is 2.27. The van der Waals surface area contributed by atoms with Crippen LogP contribution in [-0.2, 0) is 9.53 Å². The maximum Gasteiger partial charge on any atom is 0.233 e. The zero-order valence-electron chi connectivity index (χ0n) is 10.00. The van der Waals surface area contributed by atoms with Crippen molar-refractivity contribution in [3.05, 3.63) is 0 Å². The molecule has 1 amide bonds. The summed E-state index contributed by atoms with van der Waals surface area (Å²) in [5.74, 6) is 0.858. The standard InChI is InChI=1S/C12H22N2O2/c1-9(11-3-2-6-16-11)13-8-12(15)14-7-10-4-5-10/h9-11,13H,2-8H2,1H3,(H,14,15). The molecule has 2 rings (SSSR count). The topological polar surface area (TPSA) is 50.4 Å². The summed E-state index contributed by atoms with van der Waals surface area (Å²) in [5, 5.41) is 6.18. The van der Waals surface area contributed by atoms with Gasteiger partial charge in [-0.2, -0.15) is 0 Å². The Morgan fingerprint density at radius 3 is 2.88 bits per heavy atom. The summed E-state index contributed by atoms with van der Waals surface area (Å²) in [5.41, 5.74) is 0. The Labute approximate surface area is 97.1 Å². The fourth-order valence-electron chi connectivity index (χ4n) is 2.02. The molecule has 0 spiro atoms. The molecule has 4 nitrogen and oxygen atoms in total. The molecule has 2 N–H and O–H groups in total. The Kier molecular flexibility index (Phi) is 4.18. The van der Waals surface area contributed by atoms with E-state index in [1.165, 1.54) is 12.8 Å². The number of carbonyl (C=O) groups is 1. The van der Waals surface area contributed by atoms with Crippen molar-refractivity contribution in [1.82, 2.24) is 10.6 Å². The predicted molar refractivity (Wildman–Crippen MR) is 62.2 cm³/mol. The van der Waals surface area contributed by atoms with E-state index in [0.717, 1.165) is 31.9 Å². The Bertz CT molecular complexity index is 235. The number of hydrogen-bond acceptors (Lipinski definition) is 3. The monoisotopic (exact) mass is 226 g/mol. The maximum atomic E-state index is 11.5. The highest BCUT2D eigenvalue weighted by Gasteiger charge is 2.23. The molecule has 2 aliphatic rings. The number of rotatable bonds is 6. The third-order valence-electron chi connectivity index (χ3n) is 3.39. The molecular weight excluding hydrogens is 204 g/mol. The van der Waals surface area contributed by atoms with Crippen molar-refractivity contribution in [3.8, 4) is 0 Å². The molecule has 1 aliphatic carbocycles. The minimum absolute atomic E-state index is 0.108. The average Bonchev–Trinajstić information content (AvgIpc) is 2.95. The molecule has 2 fully saturated rings. The first-order valence-electron chi connectivity index (χ1n) is 6.37. The first-order chi connectivity index (χ1) is 7.75. The van der Waals surface area contributed by atoms with Crippen molar-refractivity contribution in [1.29, 1.82) is 0 Å². The molecule has 0 radical (unpaired) electrons. The number of hydrogen-bond donors (Lipinski definition) is 2. The minimum atomic E-state index is 0.108. The van der Waals surface area contributed by atoms with E-state index in [-0.39, 0.29) is 18.1 Å². The van der Waals surface area contributed by atoms with Gasteiger partial charge in [-0.25, -0.2) is 0 Å². The summed E-state index contributed by atoms with van der Waals surface area (Å²) in [6.07, 6.45) is 5.10. The molecule has 16 heavy (non-hydrogen) atoms. The first-order valence-corrected chi connectivity index (χ1v) is 6.37. The molecule has 0 aromatic heterocycles. The van der Waals surface area contributed by atoms with Crippen LogP contribution in [0, 0.1) is 5.92 Å². The molecule has 1 heterocycles. The van der Waals surface area contributed by atoms with E-state index in [2.05, 4.69) is 17.6 Å². The predicted octanol–water partition coefficient (Wildman–Crippen LogP) is 0.670. The summed E-state index contributed by atoms with van der Waals surface area (Å²) in [6, 6.07) is 0.272. The first kappa shape index (κ1) is 11.9. The van der Waals surface area contributed by atoms with Crippen molar-refractivity contribution in [2.75, 3.05) is 19.7 Å². The van der Waals surface area contributed by atoms with Crippen molar-refractivity contribution in [2.24, 2.45) is 5.92 Å². The van der Waals surface area contributed by atoms with Gasteiger partial charge < -0.3 is 15.4 Å².